The molecule has 86 valence electrons. The molecule has 3 fully saturated rings. The molecule has 3 rings (SSSR count). The Bertz CT molecular complexity index is 205. The average Bonchev–Trinajstić information content (AvgIpc) is 2.82. The predicted molar refractivity (Wildman–Crippen MR) is 61.8 cm³/mol. The van der Waals surface area contributed by atoms with E-state index in [1.807, 2.05) is 0 Å². The Morgan fingerprint density at radius 3 is 2.33 bits per heavy atom. The van der Waals surface area contributed by atoms with Crippen molar-refractivity contribution in [3.8, 4) is 0 Å². The van der Waals surface area contributed by atoms with Gasteiger partial charge < -0.3 is 4.74 Å². The fourth-order valence-electron chi connectivity index (χ4n) is 4.39. The van der Waals surface area contributed by atoms with Crippen molar-refractivity contribution in [2.45, 2.75) is 63.9 Å². The molecule has 1 saturated heterocycles. The Hall–Kier alpha value is -0.0400. The third-order valence-corrected chi connectivity index (χ3v) is 5.07. The summed E-state index contributed by atoms with van der Waals surface area (Å²) in [5.74, 6) is 3.05. The molecule has 0 aromatic carbocycles. The van der Waals surface area contributed by atoms with Crippen molar-refractivity contribution >= 4 is 0 Å². The van der Waals surface area contributed by atoms with Gasteiger partial charge in [0.2, 0.25) is 0 Å². The van der Waals surface area contributed by atoms with Gasteiger partial charge >= 0.3 is 0 Å². The molecule has 1 heteroatoms. The molecule has 15 heavy (non-hydrogen) atoms. The van der Waals surface area contributed by atoms with E-state index in [1.165, 1.54) is 57.8 Å². The Balaban J connectivity index is 1.69. The first-order chi connectivity index (χ1) is 7.45. The first-order valence-electron chi connectivity index (χ1n) is 7.07. The molecule has 2 aliphatic carbocycles. The van der Waals surface area contributed by atoms with Crippen molar-refractivity contribution in [1.29, 1.82) is 0 Å². The minimum Gasteiger partial charge on any atom is -0.378 e. The van der Waals surface area contributed by atoms with Gasteiger partial charge in [-0.05, 0) is 43.4 Å². The highest BCUT2D eigenvalue weighted by Gasteiger charge is 2.39. The highest BCUT2D eigenvalue weighted by atomic mass is 16.5. The molecule has 0 N–H and O–H groups in total. The minimum absolute atomic E-state index is 0.649. The number of fused-ring (bicyclic) bond motifs is 1. The highest BCUT2D eigenvalue weighted by Crippen LogP contribution is 2.46. The van der Waals surface area contributed by atoms with Crippen molar-refractivity contribution < 1.29 is 4.74 Å². The van der Waals surface area contributed by atoms with Gasteiger partial charge in [-0.25, -0.2) is 0 Å². The van der Waals surface area contributed by atoms with Crippen LogP contribution in [0.2, 0.25) is 0 Å². The first-order valence-corrected chi connectivity index (χ1v) is 7.07. The smallest absolute Gasteiger partial charge is 0.0606 e. The van der Waals surface area contributed by atoms with Gasteiger partial charge in [0, 0.05) is 6.61 Å². The van der Waals surface area contributed by atoms with Gasteiger partial charge in [0.15, 0.2) is 0 Å². The molecule has 3 aliphatic rings. The van der Waals surface area contributed by atoms with Gasteiger partial charge in [-0.3, -0.25) is 0 Å². The summed E-state index contributed by atoms with van der Waals surface area (Å²) in [6.07, 6.45) is 13.8. The van der Waals surface area contributed by atoms with Crippen molar-refractivity contribution in [1.82, 2.24) is 0 Å². The normalized spacial score (nSPS) is 46.4. The van der Waals surface area contributed by atoms with Crippen molar-refractivity contribution in [3.05, 3.63) is 0 Å². The maximum atomic E-state index is 5.94. The monoisotopic (exact) mass is 208 g/mol. The molecule has 0 spiro atoms. The number of hydrogen-bond donors (Lipinski definition) is 0. The second-order valence-corrected chi connectivity index (χ2v) is 5.85. The molecule has 4 unspecified atom stereocenters. The first kappa shape index (κ1) is 10.1. The van der Waals surface area contributed by atoms with Crippen LogP contribution in [0.4, 0.5) is 0 Å². The van der Waals surface area contributed by atoms with Crippen LogP contribution in [0.3, 0.4) is 0 Å². The zero-order valence-electron chi connectivity index (χ0n) is 9.79. The molecular formula is C14H24O. The fourth-order valence-corrected chi connectivity index (χ4v) is 4.39. The SMILES string of the molecule is C1CCC2C(C1)CCCC2C1CCCO1. The third-order valence-electron chi connectivity index (χ3n) is 5.07. The van der Waals surface area contributed by atoms with E-state index < -0.39 is 0 Å². The zero-order chi connectivity index (χ0) is 10.1. The summed E-state index contributed by atoms with van der Waals surface area (Å²) in [4.78, 5) is 0. The summed E-state index contributed by atoms with van der Waals surface area (Å²) < 4.78 is 5.94. The lowest BCUT2D eigenvalue weighted by molar-refractivity contribution is -0.0129. The van der Waals surface area contributed by atoms with Crippen molar-refractivity contribution in [3.63, 3.8) is 0 Å². The van der Waals surface area contributed by atoms with Gasteiger partial charge in [0.1, 0.15) is 0 Å². The van der Waals surface area contributed by atoms with Crippen LogP contribution < -0.4 is 0 Å². The zero-order valence-corrected chi connectivity index (χ0v) is 9.79. The summed E-state index contributed by atoms with van der Waals surface area (Å²) in [5, 5.41) is 0. The predicted octanol–water partition coefficient (Wildman–Crippen LogP) is 3.77. The van der Waals surface area contributed by atoms with Crippen LogP contribution in [0.25, 0.3) is 0 Å². The molecule has 1 nitrogen and oxygen atoms in total. The highest BCUT2D eigenvalue weighted by molar-refractivity contribution is 4.89. The standard InChI is InChI=1S/C14H24O/c1-2-7-12-11(5-1)6-3-8-13(12)14-9-4-10-15-14/h11-14H,1-10H2. The fraction of sp³-hybridized carbons (Fsp3) is 1.00. The molecule has 0 bridgehead atoms. The Morgan fingerprint density at radius 1 is 0.667 bits per heavy atom. The lowest BCUT2D eigenvalue weighted by Gasteiger charge is -2.43. The molecule has 4 atom stereocenters. The summed E-state index contributed by atoms with van der Waals surface area (Å²) in [6.45, 7) is 1.04. The van der Waals surface area contributed by atoms with E-state index in [0.717, 1.165) is 24.4 Å². The maximum Gasteiger partial charge on any atom is 0.0606 e. The third kappa shape index (κ3) is 1.95. The largest absolute Gasteiger partial charge is 0.378 e. The summed E-state index contributed by atoms with van der Waals surface area (Å²) in [7, 11) is 0. The summed E-state index contributed by atoms with van der Waals surface area (Å²) in [6, 6.07) is 0. The van der Waals surface area contributed by atoms with Gasteiger partial charge in [0.05, 0.1) is 6.10 Å². The molecule has 2 saturated carbocycles. The van der Waals surface area contributed by atoms with Gasteiger partial charge in [-0.2, -0.15) is 0 Å². The number of rotatable bonds is 1. The van der Waals surface area contributed by atoms with Crippen molar-refractivity contribution in [2.75, 3.05) is 6.61 Å². The van der Waals surface area contributed by atoms with E-state index in [1.54, 1.807) is 0 Å². The van der Waals surface area contributed by atoms with Gasteiger partial charge in [-0.1, -0.05) is 32.1 Å². The second-order valence-electron chi connectivity index (χ2n) is 5.85. The van der Waals surface area contributed by atoms with Crippen LogP contribution in [-0.4, -0.2) is 12.7 Å². The lowest BCUT2D eigenvalue weighted by atomic mass is 9.64. The Morgan fingerprint density at radius 2 is 1.47 bits per heavy atom. The number of hydrogen-bond acceptors (Lipinski definition) is 1. The summed E-state index contributed by atoms with van der Waals surface area (Å²) in [5.41, 5.74) is 0. The molecule has 1 heterocycles. The quantitative estimate of drug-likeness (QED) is 0.637. The molecule has 0 aromatic heterocycles. The lowest BCUT2D eigenvalue weighted by Crippen LogP contribution is -2.37. The average molecular weight is 208 g/mol. The van der Waals surface area contributed by atoms with Crippen LogP contribution >= 0.6 is 0 Å². The molecule has 0 amide bonds. The molecule has 0 radical (unpaired) electrons. The van der Waals surface area contributed by atoms with Crippen LogP contribution in [-0.2, 0) is 4.74 Å². The minimum atomic E-state index is 0.649. The van der Waals surface area contributed by atoms with E-state index in [2.05, 4.69) is 0 Å². The second kappa shape index (κ2) is 4.45. The van der Waals surface area contributed by atoms with Gasteiger partial charge in [0.25, 0.3) is 0 Å². The van der Waals surface area contributed by atoms with Crippen LogP contribution in [0.15, 0.2) is 0 Å². The molecular weight excluding hydrogens is 184 g/mol. The Labute approximate surface area is 93.6 Å². The van der Waals surface area contributed by atoms with Gasteiger partial charge in [-0.15, -0.1) is 0 Å². The number of ether oxygens (including phenoxy) is 1. The molecule has 1 aliphatic heterocycles. The maximum absolute atomic E-state index is 5.94. The van der Waals surface area contributed by atoms with Crippen LogP contribution in [0.5, 0.6) is 0 Å². The Kier molecular flexibility index (Phi) is 3.01. The van der Waals surface area contributed by atoms with E-state index in [0.29, 0.717) is 6.10 Å². The van der Waals surface area contributed by atoms with E-state index in [9.17, 15) is 0 Å². The summed E-state index contributed by atoms with van der Waals surface area (Å²) >= 11 is 0. The topological polar surface area (TPSA) is 9.23 Å². The molecule has 0 aromatic rings. The van der Waals surface area contributed by atoms with E-state index in [-0.39, 0.29) is 0 Å². The van der Waals surface area contributed by atoms with Crippen LogP contribution in [0.1, 0.15) is 57.8 Å². The van der Waals surface area contributed by atoms with Crippen molar-refractivity contribution in [2.24, 2.45) is 17.8 Å². The van der Waals surface area contributed by atoms with E-state index >= 15 is 0 Å². The van der Waals surface area contributed by atoms with E-state index in [4.69, 9.17) is 4.74 Å². The van der Waals surface area contributed by atoms with Crippen LogP contribution in [0, 0.1) is 17.8 Å².